The minimum atomic E-state index is -0.225. The molecule has 16 heavy (non-hydrogen) atoms. The van der Waals surface area contributed by atoms with Crippen LogP contribution in [0.1, 0.15) is 45.2 Å². The van der Waals surface area contributed by atoms with Crippen molar-refractivity contribution >= 4 is 0 Å². The number of hydrogen-bond acceptors (Lipinski definition) is 1. The lowest BCUT2D eigenvalue weighted by molar-refractivity contribution is 0.0559. The molecule has 0 fully saturated rings. The van der Waals surface area contributed by atoms with Crippen molar-refractivity contribution in [2.24, 2.45) is 5.41 Å². The van der Waals surface area contributed by atoms with Crippen LogP contribution < -0.4 is 0 Å². The van der Waals surface area contributed by atoms with Gasteiger partial charge in [0.15, 0.2) is 0 Å². The van der Waals surface area contributed by atoms with E-state index in [1.165, 1.54) is 11.1 Å². The molecule has 1 rings (SSSR count). The standard InChI is InChI=1S/C15H24O/c1-5-12-8-6-7-9-13(12)10-11-14(16)15(2,3)4/h6-9,14,16H,5,10-11H2,1-4H3. The predicted octanol–water partition coefficient (Wildman–Crippen LogP) is 3.59. The van der Waals surface area contributed by atoms with E-state index in [0.717, 1.165) is 19.3 Å². The van der Waals surface area contributed by atoms with Gasteiger partial charge in [0.2, 0.25) is 0 Å². The molecule has 0 saturated heterocycles. The van der Waals surface area contributed by atoms with Crippen LogP contribution in [-0.2, 0) is 12.8 Å². The highest BCUT2D eigenvalue weighted by molar-refractivity contribution is 5.27. The van der Waals surface area contributed by atoms with Crippen molar-refractivity contribution in [3.63, 3.8) is 0 Å². The van der Waals surface area contributed by atoms with E-state index in [2.05, 4.69) is 52.0 Å². The summed E-state index contributed by atoms with van der Waals surface area (Å²) in [6, 6.07) is 8.52. The molecule has 0 spiro atoms. The molecule has 0 aromatic heterocycles. The Morgan fingerprint density at radius 2 is 1.69 bits per heavy atom. The van der Waals surface area contributed by atoms with E-state index in [4.69, 9.17) is 0 Å². The summed E-state index contributed by atoms with van der Waals surface area (Å²) in [7, 11) is 0. The Morgan fingerprint density at radius 1 is 1.12 bits per heavy atom. The molecule has 0 amide bonds. The maximum Gasteiger partial charge on any atom is 0.0591 e. The first kappa shape index (κ1) is 13.2. The molecule has 0 aliphatic rings. The van der Waals surface area contributed by atoms with Crippen LogP contribution in [-0.4, -0.2) is 11.2 Å². The number of aryl methyl sites for hydroxylation is 2. The Bertz CT molecular complexity index is 322. The molecule has 0 aliphatic carbocycles. The van der Waals surface area contributed by atoms with Crippen LogP contribution in [0.4, 0.5) is 0 Å². The number of rotatable bonds is 4. The summed E-state index contributed by atoms with van der Waals surface area (Å²) in [6.07, 6.45) is 2.67. The van der Waals surface area contributed by atoms with Crippen LogP contribution in [0.3, 0.4) is 0 Å². The zero-order valence-corrected chi connectivity index (χ0v) is 11.0. The third-order valence-electron chi connectivity index (χ3n) is 3.19. The predicted molar refractivity (Wildman–Crippen MR) is 69.6 cm³/mol. The summed E-state index contributed by atoms with van der Waals surface area (Å²) < 4.78 is 0. The first-order valence-corrected chi connectivity index (χ1v) is 6.20. The summed E-state index contributed by atoms with van der Waals surface area (Å²) in [5.74, 6) is 0. The van der Waals surface area contributed by atoms with Gasteiger partial charge in [0.1, 0.15) is 0 Å². The summed E-state index contributed by atoms with van der Waals surface area (Å²) in [6.45, 7) is 8.44. The number of benzene rings is 1. The van der Waals surface area contributed by atoms with Crippen LogP contribution in [0.2, 0.25) is 0 Å². The molecular formula is C15H24O. The van der Waals surface area contributed by atoms with Crippen LogP contribution >= 0.6 is 0 Å². The molecule has 1 N–H and O–H groups in total. The lowest BCUT2D eigenvalue weighted by atomic mass is 9.85. The molecule has 1 aromatic rings. The topological polar surface area (TPSA) is 20.2 Å². The van der Waals surface area contributed by atoms with E-state index in [0.29, 0.717) is 0 Å². The van der Waals surface area contributed by atoms with Crippen molar-refractivity contribution in [1.29, 1.82) is 0 Å². The second-order valence-electron chi connectivity index (χ2n) is 5.54. The Hall–Kier alpha value is -0.820. The van der Waals surface area contributed by atoms with Gasteiger partial charge in [0.05, 0.1) is 6.10 Å². The molecule has 0 saturated carbocycles. The van der Waals surface area contributed by atoms with Crippen molar-refractivity contribution < 1.29 is 5.11 Å². The van der Waals surface area contributed by atoms with Crippen molar-refractivity contribution in [2.75, 3.05) is 0 Å². The smallest absolute Gasteiger partial charge is 0.0591 e. The van der Waals surface area contributed by atoms with Gasteiger partial charge in [-0.3, -0.25) is 0 Å². The highest BCUT2D eigenvalue weighted by Crippen LogP contribution is 2.23. The monoisotopic (exact) mass is 220 g/mol. The van der Waals surface area contributed by atoms with Gasteiger partial charge in [-0.15, -0.1) is 0 Å². The van der Waals surface area contributed by atoms with E-state index in [1.807, 2.05) is 0 Å². The molecule has 1 unspecified atom stereocenters. The van der Waals surface area contributed by atoms with Gasteiger partial charge in [-0.2, -0.15) is 0 Å². The third kappa shape index (κ3) is 3.64. The maximum atomic E-state index is 10.0. The second-order valence-corrected chi connectivity index (χ2v) is 5.54. The Kier molecular flexibility index (Phi) is 4.55. The molecule has 1 atom stereocenters. The quantitative estimate of drug-likeness (QED) is 0.822. The summed E-state index contributed by atoms with van der Waals surface area (Å²) >= 11 is 0. The lowest BCUT2D eigenvalue weighted by Gasteiger charge is -2.26. The highest BCUT2D eigenvalue weighted by atomic mass is 16.3. The fourth-order valence-corrected chi connectivity index (χ4v) is 1.87. The van der Waals surface area contributed by atoms with E-state index in [-0.39, 0.29) is 11.5 Å². The third-order valence-corrected chi connectivity index (χ3v) is 3.19. The van der Waals surface area contributed by atoms with Crippen LogP contribution in [0.5, 0.6) is 0 Å². The van der Waals surface area contributed by atoms with Gasteiger partial charge in [-0.25, -0.2) is 0 Å². The van der Waals surface area contributed by atoms with Crippen LogP contribution in [0, 0.1) is 5.41 Å². The normalized spacial score (nSPS) is 13.8. The first-order chi connectivity index (χ1) is 7.45. The van der Waals surface area contributed by atoms with Gasteiger partial charge < -0.3 is 5.11 Å². The van der Waals surface area contributed by atoms with Crippen molar-refractivity contribution in [3.05, 3.63) is 35.4 Å². The molecule has 0 heterocycles. The second kappa shape index (κ2) is 5.49. The summed E-state index contributed by atoms with van der Waals surface area (Å²) in [5.41, 5.74) is 2.78. The highest BCUT2D eigenvalue weighted by Gasteiger charge is 2.21. The van der Waals surface area contributed by atoms with E-state index in [9.17, 15) is 5.11 Å². The fourth-order valence-electron chi connectivity index (χ4n) is 1.87. The minimum absolute atomic E-state index is 0.0127. The molecule has 0 bridgehead atoms. The van der Waals surface area contributed by atoms with E-state index < -0.39 is 0 Å². The molecule has 0 radical (unpaired) electrons. The number of aliphatic hydroxyl groups is 1. The molecule has 1 nitrogen and oxygen atoms in total. The van der Waals surface area contributed by atoms with Crippen LogP contribution in [0.25, 0.3) is 0 Å². The van der Waals surface area contributed by atoms with Crippen molar-refractivity contribution in [1.82, 2.24) is 0 Å². The van der Waals surface area contributed by atoms with E-state index in [1.54, 1.807) is 0 Å². The molecule has 0 aliphatic heterocycles. The molecular weight excluding hydrogens is 196 g/mol. The van der Waals surface area contributed by atoms with Crippen molar-refractivity contribution in [2.45, 2.75) is 53.1 Å². The van der Waals surface area contributed by atoms with Crippen LogP contribution in [0.15, 0.2) is 24.3 Å². The largest absolute Gasteiger partial charge is 0.393 e. The average Bonchev–Trinajstić information content (AvgIpc) is 2.24. The summed E-state index contributed by atoms with van der Waals surface area (Å²) in [5, 5.41) is 10.0. The zero-order chi connectivity index (χ0) is 12.2. The fraction of sp³-hybridized carbons (Fsp3) is 0.600. The minimum Gasteiger partial charge on any atom is -0.393 e. The van der Waals surface area contributed by atoms with Gasteiger partial charge in [-0.05, 0) is 35.8 Å². The lowest BCUT2D eigenvalue weighted by Crippen LogP contribution is -2.26. The van der Waals surface area contributed by atoms with Gasteiger partial charge in [0, 0.05) is 0 Å². The summed E-state index contributed by atoms with van der Waals surface area (Å²) in [4.78, 5) is 0. The van der Waals surface area contributed by atoms with Gasteiger partial charge in [0.25, 0.3) is 0 Å². The SMILES string of the molecule is CCc1ccccc1CCC(O)C(C)(C)C. The zero-order valence-electron chi connectivity index (χ0n) is 11.0. The Balaban J connectivity index is 2.61. The number of aliphatic hydroxyl groups excluding tert-OH is 1. The Labute approximate surface area is 99.5 Å². The molecule has 90 valence electrons. The number of hydrogen-bond donors (Lipinski definition) is 1. The van der Waals surface area contributed by atoms with E-state index >= 15 is 0 Å². The Morgan fingerprint density at radius 3 is 2.19 bits per heavy atom. The van der Waals surface area contributed by atoms with Gasteiger partial charge in [-0.1, -0.05) is 52.0 Å². The molecule has 1 aromatic carbocycles. The van der Waals surface area contributed by atoms with Crippen molar-refractivity contribution in [3.8, 4) is 0 Å². The molecule has 1 heteroatoms. The first-order valence-electron chi connectivity index (χ1n) is 6.20. The van der Waals surface area contributed by atoms with Gasteiger partial charge >= 0.3 is 0 Å². The average molecular weight is 220 g/mol. The maximum absolute atomic E-state index is 10.0.